The van der Waals surface area contributed by atoms with Gasteiger partial charge >= 0.3 is 5.97 Å². The van der Waals surface area contributed by atoms with Crippen LogP contribution in [0.5, 0.6) is 0 Å². The highest BCUT2D eigenvalue weighted by Crippen LogP contribution is 2.64. The number of benzene rings is 3. The summed E-state index contributed by atoms with van der Waals surface area (Å²) in [5.41, 5.74) is 1.44. The van der Waals surface area contributed by atoms with Crippen LogP contribution in [-0.2, 0) is 19.8 Å². The summed E-state index contributed by atoms with van der Waals surface area (Å²) in [5.74, 6) is -4.26. The molecular weight excluding hydrogens is 414 g/mol. The number of amides is 2. The van der Waals surface area contributed by atoms with Crippen LogP contribution in [0.4, 0.5) is 5.69 Å². The number of carboxylic acid groups (broad SMARTS) is 1. The molecule has 31 heavy (non-hydrogen) atoms. The number of hydrogen-bond donors (Lipinski definition) is 1. The van der Waals surface area contributed by atoms with Gasteiger partial charge in [0, 0.05) is 5.92 Å². The number of nitrogens with zero attached hydrogens (tertiary/aromatic N) is 1. The average Bonchev–Trinajstić information content (AvgIpc) is 3.05. The molecule has 0 aromatic heterocycles. The summed E-state index contributed by atoms with van der Waals surface area (Å²) in [6.45, 7) is 0. The quantitative estimate of drug-likeness (QED) is 0.625. The Balaban J connectivity index is 1.69. The SMILES string of the molecule is O=C1C2[C@H](C(=O)N1c1ccccc1Cl)C1c3ccccc3C2(C(=O)O)c2ccccc21. The van der Waals surface area contributed by atoms with Crippen LogP contribution in [0.25, 0.3) is 0 Å². The Labute approximate surface area is 182 Å². The molecule has 1 unspecified atom stereocenters. The van der Waals surface area contributed by atoms with Crippen LogP contribution in [0.15, 0.2) is 72.8 Å². The van der Waals surface area contributed by atoms with Gasteiger partial charge in [0.1, 0.15) is 5.41 Å². The summed E-state index contributed by atoms with van der Waals surface area (Å²) in [5, 5.41) is 10.9. The Kier molecular flexibility index (Phi) is 3.58. The van der Waals surface area contributed by atoms with E-state index in [0.717, 1.165) is 16.0 Å². The highest BCUT2D eigenvalue weighted by Gasteiger charge is 2.71. The molecule has 152 valence electrons. The number of para-hydroxylation sites is 1. The van der Waals surface area contributed by atoms with Crippen LogP contribution >= 0.6 is 11.6 Å². The van der Waals surface area contributed by atoms with Crippen molar-refractivity contribution >= 4 is 35.1 Å². The van der Waals surface area contributed by atoms with Crippen LogP contribution in [0.3, 0.4) is 0 Å². The fourth-order valence-corrected chi connectivity index (χ4v) is 6.23. The number of carboxylic acids is 1. The minimum Gasteiger partial charge on any atom is -0.480 e. The van der Waals surface area contributed by atoms with E-state index in [2.05, 4.69) is 0 Å². The lowest BCUT2D eigenvalue weighted by Gasteiger charge is -2.51. The predicted molar refractivity (Wildman–Crippen MR) is 114 cm³/mol. The third-order valence-electron chi connectivity index (χ3n) is 7.05. The van der Waals surface area contributed by atoms with E-state index in [0.29, 0.717) is 16.8 Å². The van der Waals surface area contributed by atoms with Crippen molar-refractivity contribution in [2.75, 3.05) is 4.90 Å². The molecule has 7 rings (SSSR count). The standard InChI is InChI=1S/C25H16ClNO4/c26-17-11-5-6-12-18(17)27-22(28)20-19-13-7-1-3-9-15(13)25(24(30)31,21(20)23(27)29)16-10-4-2-8-14(16)19/h1-12,19-21H,(H,30,31)/t19?,20-,21?,25?/m1/s1. The lowest BCUT2D eigenvalue weighted by atomic mass is 9.47. The Bertz CT molecular complexity index is 1270. The molecule has 0 spiro atoms. The van der Waals surface area contributed by atoms with Crippen LogP contribution < -0.4 is 4.90 Å². The van der Waals surface area contributed by atoms with Gasteiger partial charge in [0.25, 0.3) is 0 Å². The lowest BCUT2D eigenvalue weighted by molar-refractivity contribution is -0.149. The first-order valence-electron chi connectivity index (χ1n) is 10.0. The molecule has 2 amide bonds. The Hall–Kier alpha value is -3.44. The summed E-state index contributed by atoms with van der Waals surface area (Å²) in [6.07, 6.45) is 0. The van der Waals surface area contributed by atoms with Crippen LogP contribution in [0, 0.1) is 11.8 Å². The lowest BCUT2D eigenvalue weighted by Crippen LogP contribution is -2.57. The van der Waals surface area contributed by atoms with Gasteiger partial charge in [-0.1, -0.05) is 72.3 Å². The summed E-state index contributed by atoms with van der Waals surface area (Å²) in [7, 11) is 0. The van der Waals surface area contributed by atoms with Gasteiger partial charge in [0.2, 0.25) is 11.8 Å². The Morgan fingerprint density at radius 2 is 1.39 bits per heavy atom. The summed E-state index contributed by atoms with van der Waals surface area (Å²) in [4.78, 5) is 41.7. The largest absolute Gasteiger partial charge is 0.480 e. The first-order chi connectivity index (χ1) is 15.0. The average molecular weight is 430 g/mol. The topological polar surface area (TPSA) is 74.7 Å². The highest BCUT2D eigenvalue weighted by molar-refractivity contribution is 6.36. The normalized spacial score (nSPS) is 27.6. The molecule has 1 fully saturated rings. The minimum absolute atomic E-state index is 0.273. The maximum atomic E-state index is 13.8. The van der Waals surface area contributed by atoms with Crippen molar-refractivity contribution in [3.05, 3.63) is 100 Å². The number of aliphatic carboxylic acids is 1. The maximum absolute atomic E-state index is 13.8. The molecule has 5 nitrogen and oxygen atoms in total. The molecule has 0 saturated carbocycles. The molecule has 1 N–H and O–H groups in total. The molecule has 3 aliphatic carbocycles. The van der Waals surface area contributed by atoms with Crippen molar-refractivity contribution in [1.29, 1.82) is 0 Å². The van der Waals surface area contributed by atoms with E-state index in [-0.39, 0.29) is 10.9 Å². The molecule has 1 heterocycles. The van der Waals surface area contributed by atoms with E-state index in [9.17, 15) is 19.5 Å². The second-order valence-corrected chi connectivity index (χ2v) is 8.64. The summed E-state index contributed by atoms with van der Waals surface area (Å²) >= 11 is 6.33. The molecule has 1 saturated heterocycles. The number of hydrogen-bond acceptors (Lipinski definition) is 3. The highest BCUT2D eigenvalue weighted by atomic mass is 35.5. The number of carbonyl (C=O) groups excluding carboxylic acids is 2. The number of carbonyl (C=O) groups is 3. The van der Waals surface area contributed by atoms with Crippen LogP contribution in [-0.4, -0.2) is 22.9 Å². The van der Waals surface area contributed by atoms with Crippen molar-refractivity contribution in [2.45, 2.75) is 11.3 Å². The van der Waals surface area contributed by atoms with Crippen LogP contribution in [0.1, 0.15) is 28.2 Å². The van der Waals surface area contributed by atoms with Gasteiger partial charge in [-0.3, -0.25) is 14.4 Å². The van der Waals surface area contributed by atoms with Gasteiger partial charge in [0.15, 0.2) is 0 Å². The van der Waals surface area contributed by atoms with Crippen molar-refractivity contribution < 1.29 is 19.5 Å². The summed E-state index contributed by atoms with van der Waals surface area (Å²) in [6, 6.07) is 21.2. The minimum atomic E-state index is -1.63. The number of imide groups is 1. The number of anilines is 1. The van der Waals surface area contributed by atoms with E-state index in [1.807, 2.05) is 24.3 Å². The van der Waals surface area contributed by atoms with E-state index >= 15 is 0 Å². The molecular formula is C25H16ClNO4. The molecule has 1 aliphatic heterocycles. The maximum Gasteiger partial charge on any atom is 0.319 e. The molecule has 2 bridgehead atoms. The van der Waals surface area contributed by atoms with E-state index in [4.69, 9.17) is 11.6 Å². The zero-order chi connectivity index (χ0) is 21.5. The zero-order valence-electron chi connectivity index (χ0n) is 16.2. The van der Waals surface area contributed by atoms with Crippen molar-refractivity contribution in [3.8, 4) is 0 Å². The first-order valence-corrected chi connectivity index (χ1v) is 10.4. The fourth-order valence-electron chi connectivity index (χ4n) is 6.01. The summed E-state index contributed by atoms with van der Waals surface area (Å²) < 4.78 is 0. The van der Waals surface area contributed by atoms with Gasteiger partial charge in [-0.05, 0) is 34.4 Å². The monoisotopic (exact) mass is 429 g/mol. The van der Waals surface area contributed by atoms with Crippen molar-refractivity contribution in [3.63, 3.8) is 0 Å². The second kappa shape index (κ2) is 6.05. The van der Waals surface area contributed by atoms with Crippen molar-refractivity contribution in [2.24, 2.45) is 11.8 Å². The fraction of sp³-hybridized carbons (Fsp3) is 0.160. The van der Waals surface area contributed by atoms with E-state index < -0.39 is 35.0 Å². The van der Waals surface area contributed by atoms with Crippen LogP contribution in [0.2, 0.25) is 5.02 Å². The Morgan fingerprint density at radius 3 is 1.97 bits per heavy atom. The smallest absolute Gasteiger partial charge is 0.319 e. The molecule has 4 aliphatic rings. The first kappa shape index (κ1) is 18.3. The van der Waals surface area contributed by atoms with Gasteiger partial charge < -0.3 is 5.11 Å². The predicted octanol–water partition coefficient (Wildman–Crippen LogP) is 3.98. The zero-order valence-corrected chi connectivity index (χ0v) is 16.9. The molecule has 2 atom stereocenters. The van der Waals surface area contributed by atoms with Crippen molar-refractivity contribution in [1.82, 2.24) is 0 Å². The van der Waals surface area contributed by atoms with Gasteiger partial charge in [-0.15, -0.1) is 0 Å². The van der Waals surface area contributed by atoms with E-state index in [1.54, 1.807) is 48.5 Å². The third-order valence-corrected chi connectivity index (χ3v) is 7.37. The third kappa shape index (κ3) is 2.00. The number of halogens is 1. The van der Waals surface area contributed by atoms with Gasteiger partial charge in [0.05, 0.1) is 22.5 Å². The van der Waals surface area contributed by atoms with E-state index in [1.165, 1.54) is 0 Å². The molecule has 0 radical (unpaired) electrons. The van der Waals surface area contributed by atoms with Gasteiger partial charge in [-0.25, -0.2) is 4.90 Å². The second-order valence-electron chi connectivity index (χ2n) is 8.23. The molecule has 3 aromatic carbocycles. The molecule has 3 aromatic rings. The molecule has 6 heteroatoms. The Morgan fingerprint density at radius 1 is 0.839 bits per heavy atom. The van der Waals surface area contributed by atoms with Gasteiger partial charge in [-0.2, -0.15) is 0 Å². The number of rotatable bonds is 2.